The minimum absolute atomic E-state index is 0.274. The maximum Gasteiger partial charge on any atom is 0.128 e. The lowest BCUT2D eigenvalue weighted by Crippen LogP contribution is -2.17. The summed E-state index contributed by atoms with van der Waals surface area (Å²) in [5, 5.41) is 3.08. The summed E-state index contributed by atoms with van der Waals surface area (Å²) in [6, 6.07) is 3.76. The van der Waals surface area contributed by atoms with Gasteiger partial charge in [0.25, 0.3) is 0 Å². The van der Waals surface area contributed by atoms with E-state index in [0.29, 0.717) is 5.69 Å². The third-order valence-corrected chi connectivity index (χ3v) is 2.22. The summed E-state index contributed by atoms with van der Waals surface area (Å²) in [5.41, 5.74) is 0.510. The Hall–Kier alpha value is -1.12. The molecule has 0 saturated heterocycles. The maximum absolute atomic E-state index is 12.8. The standard InChI is InChI=1S/C11H15F2N/c1-3-10(4-2)14-11-6-8(12)5-9(13)7-11/h5-7,10,14H,3-4H2,1-2H3. The SMILES string of the molecule is CCC(CC)Nc1cc(F)cc(F)c1. The molecule has 0 unspecified atom stereocenters. The lowest BCUT2D eigenvalue weighted by molar-refractivity contribution is 0.582. The van der Waals surface area contributed by atoms with Crippen LogP contribution in [0.4, 0.5) is 14.5 Å². The Balaban J connectivity index is 2.75. The predicted molar refractivity (Wildman–Crippen MR) is 54.4 cm³/mol. The highest BCUT2D eigenvalue weighted by Crippen LogP contribution is 2.15. The van der Waals surface area contributed by atoms with Crippen LogP contribution in [0, 0.1) is 11.6 Å². The van der Waals surface area contributed by atoms with Gasteiger partial charge >= 0.3 is 0 Å². The second kappa shape index (κ2) is 4.94. The van der Waals surface area contributed by atoms with Gasteiger partial charge in [0.2, 0.25) is 0 Å². The van der Waals surface area contributed by atoms with Gasteiger partial charge in [0.1, 0.15) is 11.6 Å². The molecule has 0 atom stereocenters. The van der Waals surface area contributed by atoms with E-state index >= 15 is 0 Å². The highest BCUT2D eigenvalue weighted by atomic mass is 19.1. The zero-order valence-electron chi connectivity index (χ0n) is 8.48. The lowest BCUT2D eigenvalue weighted by Gasteiger charge is -2.16. The second-order valence-corrected chi connectivity index (χ2v) is 3.32. The van der Waals surface area contributed by atoms with Crippen LogP contribution in [-0.2, 0) is 0 Å². The Labute approximate surface area is 83.1 Å². The molecule has 0 heterocycles. The van der Waals surface area contributed by atoms with Crippen molar-refractivity contribution in [1.29, 1.82) is 0 Å². The van der Waals surface area contributed by atoms with E-state index in [9.17, 15) is 8.78 Å². The molecule has 1 rings (SSSR count). The topological polar surface area (TPSA) is 12.0 Å². The number of halogens is 2. The molecule has 0 fully saturated rings. The van der Waals surface area contributed by atoms with Crippen molar-refractivity contribution < 1.29 is 8.78 Å². The molecular formula is C11H15F2N. The van der Waals surface area contributed by atoms with Crippen LogP contribution in [0.3, 0.4) is 0 Å². The van der Waals surface area contributed by atoms with Gasteiger partial charge in [0.15, 0.2) is 0 Å². The van der Waals surface area contributed by atoms with Crippen molar-refractivity contribution >= 4 is 5.69 Å². The number of rotatable bonds is 4. The smallest absolute Gasteiger partial charge is 0.128 e. The van der Waals surface area contributed by atoms with Crippen molar-refractivity contribution in [2.24, 2.45) is 0 Å². The minimum atomic E-state index is -0.543. The van der Waals surface area contributed by atoms with E-state index in [2.05, 4.69) is 5.32 Å². The third kappa shape index (κ3) is 2.98. The van der Waals surface area contributed by atoms with E-state index in [1.807, 2.05) is 13.8 Å². The Kier molecular flexibility index (Phi) is 3.86. The van der Waals surface area contributed by atoms with Gasteiger partial charge in [-0.05, 0) is 25.0 Å². The first-order chi connectivity index (χ1) is 6.65. The number of nitrogens with one attached hydrogen (secondary N) is 1. The Morgan fingerprint density at radius 3 is 2.00 bits per heavy atom. The van der Waals surface area contributed by atoms with Crippen LogP contribution in [0.2, 0.25) is 0 Å². The van der Waals surface area contributed by atoms with Crippen molar-refractivity contribution in [3.63, 3.8) is 0 Å². The summed E-state index contributed by atoms with van der Waals surface area (Å²) < 4.78 is 25.6. The number of hydrogen-bond donors (Lipinski definition) is 1. The number of hydrogen-bond acceptors (Lipinski definition) is 1. The molecule has 0 aromatic heterocycles. The number of benzene rings is 1. The van der Waals surface area contributed by atoms with Gasteiger partial charge in [-0.25, -0.2) is 8.78 Å². The molecule has 3 heteroatoms. The molecular weight excluding hydrogens is 184 g/mol. The Morgan fingerprint density at radius 2 is 1.57 bits per heavy atom. The molecule has 1 N–H and O–H groups in total. The molecule has 1 aromatic rings. The van der Waals surface area contributed by atoms with Gasteiger partial charge in [-0.1, -0.05) is 13.8 Å². The fourth-order valence-electron chi connectivity index (χ4n) is 1.37. The Bertz CT molecular complexity index is 275. The molecule has 0 amide bonds. The van der Waals surface area contributed by atoms with Crippen LogP contribution >= 0.6 is 0 Å². The van der Waals surface area contributed by atoms with E-state index in [-0.39, 0.29) is 6.04 Å². The fraction of sp³-hybridized carbons (Fsp3) is 0.455. The first-order valence-corrected chi connectivity index (χ1v) is 4.88. The second-order valence-electron chi connectivity index (χ2n) is 3.32. The molecule has 1 aromatic carbocycles. The molecule has 0 aliphatic rings. The summed E-state index contributed by atoms with van der Waals surface area (Å²) >= 11 is 0. The molecule has 1 nitrogen and oxygen atoms in total. The van der Waals surface area contributed by atoms with Crippen LogP contribution in [-0.4, -0.2) is 6.04 Å². The first-order valence-electron chi connectivity index (χ1n) is 4.88. The summed E-state index contributed by atoms with van der Waals surface area (Å²) in [7, 11) is 0. The molecule has 0 saturated carbocycles. The maximum atomic E-state index is 12.8. The molecule has 0 aliphatic heterocycles. The summed E-state index contributed by atoms with van der Waals surface area (Å²) in [6.07, 6.45) is 1.88. The fourth-order valence-corrected chi connectivity index (χ4v) is 1.37. The van der Waals surface area contributed by atoms with Gasteiger partial charge in [-0.2, -0.15) is 0 Å². The van der Waals surface area contributed by atoms with Crippen LogP contribution in [0.25, 0.3) is 0 Å². The van der Waals surface area contributed by atoms with E-state index < -0.39 is 11.6 Å². The summed E-state index contributed by atoms with van der Waals surface area (Å²) in [5.74, 6) is -1.09. The molecule has 78 valence electrons. The predicted octanol–water partition coefficient (Wildman–Crippen LogP) is 3.57. The van der Waals surface area contributed by atoms with E-state index in [1.54, 1.807) is 0 Å². The van der Waals surface area contributed by atoms with Crippen molar-refractivity contribution in [2.75, 3.05) is 5.32 Å². The van der Waals surface area contributed by atoms with E-state index in [1.165, 1.54) is 12.1 Å². The van der Waals surface area contributed by atoms with Crippen LogP contribution in [0.15, 0.2) is 18.2 Å². The van der Waals surface area contributed by atoms with Crippen LogP contribution in [0.5, 0.6) is 0 Å². The van der Waals surface area contributed by atoms with E-state index in [0.717, 1.165) is 18.9 Å². The van der Waals surface area contributed by atoms with Crippen molar-refractivity contribution in [1.82, 2.24) is 0 Å². The zero-order valence-corrected chi connectivity index (χ0v) is 8.48. The first kappa shape index (κ1) is 11.0. The Morgan fingerprint density at radius 1 is 1.07 bits per heavy atom. The average Bonchev–Trinajstić information content (AvgIpc) is 2.12. The quantitative estimate of drug-likeness (QED) is 0.781. The average molecular weight is 199 g/mol. The number of anilines is 1. The highest BCUT2D eigenvalue weighted by molar-refractivity contribution is 5.44. The summed E-state index contributed by atoms with van der Waals surface area (Å²) in [6.45, 7) is 4.08. The molecule has 14 heavy (non-hydrogen) atoms. The van der Waals surface area contributed by atoms with Gasteiger partial charge in [0, 0.05) is 17.8 Å². The summed E-state index contributed by atoms with van der Waals surface area (Å²) in [4.78, 5) is 0. The normalized spacial score (nSPS) is 10.6. The lowest BCUT2D eigenvalue weighted by atomic mass is 10.1. The third-order valence-electron chi connectivity index (χ3n) is 2.22. The van der Waals surface area contributed by atoms with E-state index in [4.69, 9.17) is 0 Å². The minimum Gasteiger partial charge on any atom is -0.382 e. The largest absolute Gasteiger partial charge is 0.382 e. The molecule has 0 bridgehead atoms. The molecule has 0 aliphatic carbocycles. The van der Waals surface area contributed by atoms with Gasteiger partial charge in [0.05, 0.1) is 0 Å². The van der Waals surface area contributed by atoms with Crippen LogP contribution in [0.1, 0.15) is 26.7 Å². The molecule has 0 spiro atoms. The van der Waals surface area contributed by atoms with Crippen molar-refractivity contribution in [3.05, 3.63) is 29.8 Å². The van der Waals surface area contributed by atoms with Crippen molar-refractivity contribution in [3.8, 4) is 0 Å². The van der Waals surface area contributed by atoms with Gasteiger partial charge in [-0.3, -0.25) is 0 Å². The van der Waals surface area contributed by atoms with Crippen LogP contribution < -0.4 is 5.32 Å². The van der Waals surface area contributed by atoms with Gasteiger partial charge < -0.3 is 5.32 Å². The monoisotopic (exact) mass is 199 g/mol. The van der Waals surface area contributed by atoms with Crippen molar-refractivity contribution in [2.45, 2.75) is 32.7 Å². The van der Waals surface area contributed by atoms with Gasteiger partial charge in [-0.15, -0.1) is 0 Å². The highest BCUT2D eigenvalue weighted by Gasteiger charge is 2.05. The molecule has 0 radical (unpaired) electrons. The zero-order chi connectivity index (χ0) is 10.6.